The van der Waals surface area contributed by atoms with Gasteiger partial charge >= 0.3 is 5.97 Å². The van der Waals surface area contributed by atoms with Crippen molar-refractivity contribution in [1.29, 1.82) is 0 Å². The minimum Gasteiger partial charge on any atom is -0.480 e. The van der Waals surface area contributed by atoms with Gasteiger partial charge in [-0.3, -0.25) is 4.79 Å². The van der Waals surface area contributed by atoms with Gasteiger partial charge < -0.3 is 10.4 Å². The molecule has 1 heterocycles. The fourth-order valence-electron chi connectivity index (χ4n) is 2.15. The monoisotopic (exact) mass is 259 g/mol. The van der Waals surface area contributed by atoms with Gasteiger partial charge in [-0.1, -0.05) is 12.1 Å². The largest absolute Gasteiger partial charge is 0.480 e. The van der Waals surface area contributed by atoms with Crippen molar-refractivity contribution in [3.63, 3.8) is 0 Å². The molecule has 94 valence electrons. The number of aliphatic carboxylic acids is 1. The molecule has 2 N–H and O–H groups in total. The fourth-order valence-corrected chi connectivity index (χ4v) is 2.15. The quantitative estimate of drug-likeness (QED) is 0.871. The van der Waals surface area contributed by atoms with Crippen LogP contribution in [-0.4, -0.2) is 23.7 Å². The third-order valence-electron chi connectivity index (χ3n) is 2.93. The van der Waals surface area contributed by atoms with E-state index >= 15 is 0 Å². The average molecular weight is 260 g/mol. The molecule has 2 atom stereocenters. The van der Waals surface area contributed by atoms with E-state index in [1.54, 1.807) is 6.07 Å². The summed E-state index contributed by atoms with van der Waals surface area (Å²) in [7, 11) is 0. The highest BCUT2D eigenvalue weighted by atomic mass is 35.5. The highest BCUT2D eigenvalue weighted by Crippen LogP contribution is 2.19. The Hall–Kier alpha value is -1.13. The molecule has 1 fully saturated rings. The van der Waals surface area contributed by atoms with Crippen molar-refractivity contribution in [2.45, 2.75) is 18.9 Å². The van der Waals surface area contributed by atoms with E-state index in [0.29, 0.717) is 13.0 Å². The van der Waals surface area contributed by atoms with Crippen molar-refractivity contribution in [1.82, 2.24) is 5.32 Å². The molecule has 1 aromatic carbocycles. The Bertz CT molecular complexity index is 400. The highest BCUT2D eigenvalue weighted by Gasteiger charge is 2.28. The van der Waals surface area contributed by atoms with Gasteiger partial charge in [0.1, 0.15) is 11.9 Å². The maximum Gasteiger partial charge on any atom is 0.320 e. The van der Waals surface area contributed by atoms with Gasteiger partial charge in [-0.15, -0.1) is 12.4 Å². The summed E-state index contributed by atoms with van der Waals surface area (Å²) in [4.78, 5) is 10.7. The molecule has 0 spiro atoms. The van der Waals surface area contributed by atoms with E-state index in [1.807, 2.05) is 6.07 Å². The zero-order valence-corrected chi connectivity index (χ0v) is 10.0. The topological polar surface area (TPSA) is 49.3 Å². The molecular formula is C12H15ClFNO2. The van der Waals surface area contributed by atoms with Crippen LogP contribution in [0.5, 0.6) is 0 Å². The third-order valence-corrected chi connectivity index (χ3v) is 2.93. The first kappa shape index (κ1) is 13.9. The first-order chi connectivity index (χ1) is 7.65. The maximum atomic E-state index is 12.9. The molecule has 0 aliphatic carbocycles. The number of rotatable bonds is 3. The minimum atomic E-state index is -0.804. The number of halogens is 2. The average Bonchev–Trinajstić information content (AvgIpc) is 2.66. The fraction of sp³-hybridized carbons (Fsp3) is 0.417. The maximum absolute atomic E-state index is 12.9. The van der Waals surface area contributed by atoms with Crippen LogP contribution in [0.2, 0.25) is 0 Å². The molecule has 1 aromatic rings. The van der Waals surface area contributed by atoms with Gasteiger partial charge in [0.2, 0.25) is 0 Å². The first-order valence-corrected chi connectivity index (χ1v) is 5.36. The molecule has 0 amide bonds. The van der Waals surface area contributed by atoms with Crippen LogP contribution in [0.3, 0.4) is 0 Å². The van der Waals surface area contributed by atoms with Crippen molar-refractivity contribution in [3.8, 4) is 0 Å². The highest BCUT2D eigenvalue weighted by molar-refractivity contribution is 5.85. The molecule has 0 radical (unpaired) electrons. The Balaban J connectivity index is 0.00000144. The Morgan fingerprint density at radius 2 is 2.29 bits per heavy atom. The van der Waals surface area contributed by atoms with Crippen LogP contribution >= 0.6 is 12.4 Å². The smallest absolute Gasteiger partial charge is 0.320 e. The Morgan fingerprint density at radius 1 is 1.53 bits per heavy atom. The van der Waals surface area contributed by atoms with Crippen molar-refractivity contribution in [2.24, 2.45) is 5.92 Å². The normalized spacial score (nSPS) is 23.1. The van der Waals surface area contributed by atoms with Crippen molar-refractivity contribution in [2.75, 3.05) is 6.54 Å². The van der Waals surface area contributed by atoms with Gasteiger partial charge in [0.15, 0.2) is 0 Å². The summed E-state index contributed by atoms with van der Waals surface area (Å²) in [5, 5.41) is 11.8. The Morgan fingerprint density at radius 3 is 2.88 bits per heavy atom. The molecular weight excluding hydrogens is 245 g/mol. The van der Waals surface area contributed by atoms with Crippen LogP contribution in [0.4, 0.5) is 4.39 Å². The summed E-state index contributed by atoms with van der Waals surface area (Å²) >= 11 is 0. The van der Waals surface area contributed by atoms with Gasteiger partial charge in [-0.25, -0.2) is 4.39 Å². The lowest BCUT2D eigenvalue weighted by Gasteiger charge is -2.08. The number of carbonyl (C=O) groups is 1. The second-order valence-electron chi connectivity index (χ2n) is 4.23. The molecule has 3 nitrogen and oxygen atoms in total. The van der Waals surface area contributed by atoms with E-state index in [4.69, 9.17) is 5.11 Å². The van der Waals surface area contributed by atoms with E-state index in [2.05, 4.69) is 5.32 Å². The molecule has 0 aromatic heterocycles. The third kappa shape index (κ3) is 3.68. The van der Waals surface area contributed by atoms with Crippen LogP contribution in [-0.2, 0) is 11.2 Å². The predicted molar refractivity (Wildman–Crippen MR) is 64.9 cm³/mol. The zero-order valence-electron chi connectivity index (χ0n) is 9.23. The molecule has 0 bridgehead atoms. The molecule has 5 heteroatoms. The van der Waals surface area contributed by atoms with Crippen molar-refractivity contribution in [3.05, 3.63) is 35.6 Å². The molecule has 1 aliphatic rings. The van der Waals surface area contributed by atoms with E-state index in [1.165, 1.54) is 12.1 Å². The lowest BCUT2D eigenvalue weighted by atomic mass is 9.97. The SMILES string of the molecule is Cl.O=C(O)C1CC(Cc2cccc(F)c2)CN1. The summed E-state index contributed by atoms with van der Waals surface area (Å²) in [5.41, 5.74) is 0.929. The second-order valence-corrected chi connectivity index (χ2v) is 4.23. The summed E-state index contributed by atoms with van der Waals surface area (Å²) in [5.74, 6) is -0.761. The molecule has 2 unspecified atom stereocenters. The minimum absolute atomic E-state index is 0. The number of benzene rings is 1. The summed E-state index contributed by atoms with van der Waals surface area (Å²) < 4.78 is 12.9. The lowest BCUT2D eigenvalue weighted by Crippen LogP contribution is -2.29. The van der Waals surface area contributed by atoms with E-state index < -0.39 is 12.0 Å². The first-order valence-electron chi connectivity index (χ1n) is 5.36. The number of nitrogens with one attached hydrogen (secondary N) is 1. The van der Waals surface area contributed by atoms with Crippen molar-refractivity contribution < 1.29 is 14.3 Å². The zero-order chi connectivity index (χ0) is 11.5. The van der Waals surface area contributed by atoms with Gasteiger partial charge in [-0.2, -0.15) is 0 Å². The molecule has 1 saturated heterocycles. The number of hydrogen-bond acceptors (Lipinski definition) is 2. The second kappa shape index (κ2) is 5.98. The summed E-state index contributed by atoms with van der Waals surface area (Å²) in [6.45, 7) is 0.688. The van der Waals surface area contributed by atoms with E-state index in [0.717, 1.165) is 12.0 Å². The van der Waals surface area contributed by atoms with Gasteiger partial charge in [0, 0.05) is 0 Å². The van der Waals surface area contributed by atoms with E-state index in [9.17, 15) is 9.18 Å². The molecule has 0 saturated carbocycles. The number of carboxylic acids is 1. The molecule has 2 rings (SSSR count). The predicted octanol–water partition coefficient (Wildman–Crippen LogP) is 1.85. The van der Waals surface area contributed by atoms with E-state index in [-0.39, 0.29) is 24.1 Å². The molecule has 1 aliphatic heterocycles. The van der Waals surface area contributed by atoms with Crippen LogP contribution in [0.1, 0.15) is 12.0 Å². The standard InChI is InChI=1S/C12H14FNO2.ClH/c13-10-3-1-2-8(5-10)4-9-6-11(12(15)16)14-7-9;/h1-3,5,9,11,14H,4,6-7H2,(H,15,16);1H. The molecule has 17 heavy (non-hydrogen) atoms. The van der Waals surface area contributed by atoms with Crippen molar-refractivity contribution >= 4 is 18.4 Å². The van der Waals surface area contributed by atoms with Crippen LogP contribution in [0.25, 0.3) is 0 Å². The number of hydrogen-bond donors (Lipinski definition) is 2. The lowest BCUT2D eigenvalue weighted by molar-refractivity contribution is -0.139. The van der Waals surface area contributed by atoms with Gasteiger partial charge in [0.05, 0.1) is 0 Å². The number of carboxylic acid groups (broad SMARTS) is 1. The van der Waals surface area contributed by atoms with Crippen LogP contribution in [0, 0.1) is 11.7 Å². The van der Waals surface area contributed by atoms with Gasteiger partial charge in [-0.05, 0) is 43.0 Å². The Labute approximate surface area is 105 Å². The summed E-state index contributed by atoms with van der Waals surface area (Å²) in [6, 6.07) is 6.03. The van der Waals surface area contributed by atoms with Crippen LogP contribution in [0.15, 0.2) is 24.3 Å². The van der Waals surface area contributed by atoms with Gasteiger partial charge in [0.25, 0.3) is 0 Å². The Kier molecular flexibility index (Phi) is 4.90. The van der Waals surface area contributed by atoms with Crippen LogP contribution < -0.4 is 5.32 Å². The summed E-state index contributed by atoms with van der Waals surface area (Å²) in [6.07, 6.45) is 1.35.